The van der Waals surface area contributed by atoms with E-state index in [0.717, 1.165) is 12.1 Å². The number of halogens is 3. The minimum atomic E-state index is -4.37. The van der Waals surface area contributed by atoms with Gasteiger partial charge in [0.15, 0.2) is 0 Å². The number of alkyl halides is 3. The second-order valence-corrected chi connectivity index (χ2v) is 3.74. The summed E-state index contributed by atoms with van der Waals surface area (Å²) in [6, 6.07) is 4.55. The van der Waals surface area contributed by atoms with Crippen LogP contribution in [0.3, 0.4) is 0 Å². The number of amides is 1. The van der Waals surface area contributed by atoms with E-state index in [1.807, 2.05) is 5.32 Å². The molecule has 0 saturated carbocycles. The van der Waals surface area contributed by atoms with Gasteiger partial charge in [0.2, 0.25) is 0 Å². The Bertz CT molecular complexity index is 421. The fraction of sp³-hybridized carbons (Fsp3) is 0.417. The second-order valence-electron chi connectivity index (χ2n) is 3.74. The SMILES string of the molecule is CC(O)COc1cccc(C(F)(F)F)c1.CNC(=O)O. The van der Waals surface area contributed by atoms with Crippen LogP contribution in [0.25, 0.3) is 0 Å². The molecule has 1 unspecified atom stereocenters. The van der Waals surface area contributed by atoms with Gasteiger partial charge in [-0.15, -0.1) is 0 Å². The first-order valence-corrected chi connectivity index (χ1v) is 5.55. The van der Waals surface area contributed by atoms with Crippen molar-refractivity contribution >= 4 is 6.09 Å². The van der Waals surface area contributed by atoms with Crippen molar-refractivity contribution < 1.29 is 32.9 Å². The summed E-state index contributed by atoms with van der Waals surface area (Å²) in [5.41, 5.74) is -0.759. The number of aliphatic hydroxyl groups excluding tert-OH is 1. The summed E-state index contributed by atoms with van der Waals surface area (Å²) >= 11 is 0. The summed E-state index contributed by atoms with van der Waals surface area (Å²) in [6.07, 6.45) is -6.07. The Morgan fingerprint density at radius 1 is 1.45 bits per heavy atom. The van der Waals surface area contributed by atoms with Gasteiger partial charge in [-0.3, -0.25) is 0 Å². The van der Waals surface area contributed by atoms with Crippen LogP contribution in [0, 0.1) is 0 Å². The van der Waals surface area contributed by atoms with E-state index >= 15 is 0 Å². The summed E-state index contributed by atoms with van der Waals surface area (Å²) in [5.74, 6) is 0.103. The largest absolute Gasteiger partial charge is 0.491 e. The van der Waals surface area contributed by atoms with Crippen LogP contribution in [0.15, 0.2) is 24.3 Å². The van der Waals surface area contributed by atoms with Gasteiger partial charge in [0, 0.05) is 7.05 Å². The molecule has 0 radical (unpaired) electrons. The molecule has 1 rings (SSSR count). The molecule has 1 atom stereocenters. The molecule has 0 aliphatic heterocycles. The Morgan fingerprint density at radius 3 is 2.40 bits per heavy atom. The van der Waals surface area contributed by atoms with Gasteiger partial charge < -0.3 is 20.3 Å². The fourth-order valence-electron chi connectivity index (χ4n) is 0.979. The Morgan fingerprint density at radius 2 is 2.00 bits per heavy atom. The van der Waals surface area contributed by atoms with Crippen LogP contribution in [-0.2, 0) is 6.18 Å². The smallest absolute Gasteiger partial charge is 0.416 e. The molecule has 0 aliphatic rings. The molecule has 1 aromatic rings. The van der Waals surface area contributed by atoms with E-state index in [1.165, 1.54) is 26.1 Å². The topological polar surface area (TPSA) is 78.8 Å². The Labute approximate surface area is 114 Å². The molecule has 20 heavy (non-hydrogen) atoms. The molecule has 0 aliphatic carbocycles. The zero-order chi connectivity index (χ0) is 15.8. The zero-order valence-electron chi connectivity index (χ0n) is 10.9. The number of hydrogen-bond acceptors (Lipinski definition) is 3. The van der Waals surface area contributed by atoms with E-state index in [9.17, 15) is 18.0 Å². The van der Waals surface area contributed by atoms with Crippen molar-refractivity contribution in [1.29, 1.82) is 0 Å². The van der Waals surface area contributed by atoms with E-state index < -0.39 is 23.9 Å². The highest BCUT2D eigenvalue weighted by Crippen LogP contribution is 2.31. The lowest BCUT2D eigenvalue weighted by Crippen LogP contribution is -2.13. The first-order chi connectivity index (χ1) is 9.16. The first kappa shape index (κ1) is 18.0. The normalized spacial score (nSPS) is 11.9. The van der Waals surface area contributed by atoms with Crippen molar-refractivity contribution in [2.45, 2.75) is 19.2 Å². The maximum atomic E-state index is 12.3. The Kier molecular flexibility index (Phi) is 7.45. The summed E-state index contributed by atoms with van der Waals surface area (Å²) in [6.45, 7) is 1.47. The van der Waals surface area contributed by atoms with Gasteiger partial charge in [-0.25, -0.2) is 4.79 Å². The number of benzene rings is 1. The fourth-order valence-corrected chi connectivity index (χ4v) is 0.979. The predicted molar refractivity (Wildman–Crippen MR) is 65.7 cm³/mol. The number of nitrogens with one attached hydrogen (secondary N) is 1. The molecule has 0 saturated heterocycles. The molecule has 1 aromatic carbocycles. The monoisotopic (exact) mass is 295 g/mol. The van der Waals surface area contributed by atoms with Crippen LogP contribution < -0.4 is 10.1 Å². The summed E-state index contributed by atoms with van der Waals surface area (Å²) in [5, 5.41) is 18.5. The highest BCUT2D eigenvalue weighted by atomic mass is 19.4. The van der Waals surface area contributed by atoms with Gasteiger partial charge in [-0.2, -0.15) is 13.2 Å². The quantitative estimate of drug-likeness (QED) is 0.800. The van der Waals surface area contributed by atoms with Crippen molar-refractivity contribution in [3.8, 4) is 5.75 Å². The average molecular weight is 295 g/mol. The van der Waals surface area contributed by atoms with Crippen molar-refractivity contribution in [3.05, 3.63) is 29.8 Å². The second kappa shape index (κ2) is 8.26. The highest BCUT2D eigenvalue weighted by Gasteiger charge is 2.30. The van der Waals surface area contributed by atoms with Crippen molar-refractivity contribution in [2.75, 3.05) is 13.7 Å². The van der Waals surface area contributed by atoms with E-state index in [-0.39, 0.29) is 12.4 Å². The zero-order valence-corrected chi connectivity index (χ0v) is 10.9. The summed E-state index contributed by atoms with van der Waals surface area (Å²) < 4.78 is 41.7. The van der Waals surface area contributed by atoms with Crippen LogP contribution in [0.1, 0.15) is 12.5 Å². The number of hydrogen-bond donors (Lipinski definition) is 3. The molecule has 0 fully saturated rings. The molecule has 0 aromatic heterocycles. The molecule has 0 spiro atoms. The van der Waals surface area contributed by atoms with E-state index in [2.05, 4.69) is 0 Å². The third-order valence-electron chi connectivity index (χ3n) is 1.87. The van der Waals surface area contributed by atoms with Crippen LogP contribution >= 0.6 is 0 Å². The lowest BCUT2D eigenvalue weighted by Gasteiger charge is -2.11. The van der Waals surface area contributed by atoms with E-state index in [4.69, 9.17) is 14.9 Å². The molecule has 1 amide bonds. The predicted octanol–water partition coefficient (Wildman–Crippen LogP) is 2.35. The summed E-state index contributed by atoms with van der Waals surface area (Å²) in [7, 11) is 1.35. The van der Waals surface area contributed by atoms with E-state index in [1.54, 1.807) is 0 Å². The lowest BCUT2D eigenvalue weighted by atomic mass is 10.2. The maximum Gasteiger partial charge on any atom is 0.416 e. The van der Waals surface area contributed by atoms with Crippen molar-refractivity contribution in [3.63, 3.8) is 0 Å². The van der Waals surface area contributed by atoms with E-state index in [0.29, 0.717) is 0 Å². The number of rotatable bonds is 3. The Balaban J connectivity index is 0.000000621. The van der Waals surface area contributed by atoms with Gasteiger partial charge in [-0.1, -0.05) is 6.07 Å². The van der Waals surface area contributed by atoms with Gasteiger partial charge in [-0.05, 0) is 25.1 Å². The van der Waals surface area contributed by atoms with Crippen molar-refractivity contribution in [2.24, 2.45) is 0 Å². The van der Waals surface area contributed by atoms with Gasteiger partial charge in [0.05, 0.1) is 11.7 Å². The average Bonchev–Trinajstić information content (AvgIpc) is 2.36. The number of aliphatic hydroxyl groups is 1. The Hall–Kier alpha value is -1.96. The standard InChI is InChI=1S/C10H11F3O2.C2H5NO2/c1-7(14)6-15-9-4-2-3-8(5-9)10(11,12)13;1-3-2(4)5/h2-5,7,14H,6H2,1H3;3H,1H3,(H,4,5). The summed E-state index contributed by atoms with van der Waals surface area (Å²) in [4.78, 5) is 9.26. The number of carboxylic acid groups (broad SMARTS) is 1. The highest BCUT2D eigenvalue weighted by molar-refractivity contribution is 5.63. The molecule has 3 N–H and O–H groups in total. The third-order valence-corrected chi connectivity index (χ3v) is 1.87. The molecule has 114 valence electrons. The molecule has 0 bridgehead atoms. The number of carbonyl (C=O) groups is 1. The van der Waals surface area contributed by atoms with Crippen LogP contribution in [0.4, 0.5) is 18.0 Å². The molecular weight excluding hydrogens is 279 g/mol. The molecule has 8 heteroatoms. The minimum Gasteiger partial charge on any atom is -0.491 e. The van der Waals surface area contributed by atoms with Gasteiger partial charge in [0.25, 0.3) is 0 Å². The molecule has 5 nitrogen and oxygen atoms in total. The minimum absolute atomic E-state index is 0.0265. The van der Waals surface area contributed by atoms with Crippen LogP contribution in [0.2, 0.25) is 0 Å². The first-order valence-electron chi connectivity index (χ1n) is 5.55. The molecule has 0 heterocycles. The third kappa shape index (κ3) is 8.20. The maximum absolute atomic E-state index is 12.3. The van der Waals surface area contributed by atoms with Crippen LogP contribution in [-0.4, -0.2) is 36.1 Å². The lowest BCUT2D eigenvalue weighted by molar-refractivity contribution is -0.137. The van der Waals surface area contributed by atoms with Crippen molar-refractivity contribution in [1.82, 2.24) is 5.32 Å². The number of ether oxygens (including phenoxy) is 1. The van der Waals surface area contributed by atoms with Crippen LogP contribution in [0.5, 0.6) is 5.75 Å². The van der Waals surface area contributed by atoms with Gasteiger partial charge >= 0.3 is 12.3 Å². The van der Waals surface area contributed by atoms with Gasteiger partial charge in [0.1, 0.15) is 12.4 Å². The molecular formula is C12H16F3NO4.